The van der Waals surface area contributed by atoms with Gasteiger partial charge in [-0.05, 0) is 36.8 Å². The Morgan fingerprint density at radius 2 is 2.07 bits per heavy atom. The maximum atomic E-state index is 13.3. The van der Waals surface area contributed by atoms with Crippen molar-refractivity contribution in [1.82, 2.24) is 9.66 Å². The van der Waals surface area contributed by atoms with Crippen molar-refractivity contribution in [3.63, 3.8) is 0 Å². The molecule has 0 saturated heterocycles. The Hall–Kier alpha value is -1.36. The molecule has 0 bridgehead atoms. The second kappa shape index (κ2) is 3.34. The monoisotopic (exact) mass is 225 g/mol. The minimum Gasteiger partial charge on any atom is -0.329 e. The molecule has 0 spiro atoms. The van der Waals surface area contributed by atoms with Gasteiger partial charge in [0.1, 0.15) is 5.82 Å². The van der Waals surface area contributed by atoms with Crippen LogP contribution in [0.25, 0.3) is 11.0 Å². The molecule has 80 valence electrons. The zero-order valence-electron chi connectivity index (χ0n) is 8.84. The van der Waals surface area contributed by atoms with Crippen LogP contribution in [-0.2, 0) is 0 Å². The van der Waals surface area contributed by atoms with Gasteiger partial charge in [0.05, 0.1) is 11.0 Å². The number of aromatic amines is 1. The van der Waals surface area contributed by atoms with E-state index in [2.05, 4.69) is 4.98 Å². The lowest BCUT2D eigenvalue weighted by Crippen LogP contribution is -2.24. The molecule has 1 aromatic carbocycles. The summed E-state index contributed by atoms with van der Waals surface area (Å²) >= 11 is 5.16. The lowest BCUT2D eigenvalue weighted by atomic mass is 10.2. The number of nitrogens with one attached hydrogen (secondary N) is 1. The summed E-state index contributed by atoms with van der Waals surface area (Å²) in [5.41, 5.74) is 2.23. The van der Waals surface area contributed by atoms with Gasteiger partial charge in [-0.25, -0.2) is 9.07 Å². The Kier molecular flexibility index (Phi) is 2.26. The van der Waals surface area contributed by atoms with Crippen LogP contribution in [0.4, 0.5) is 4.39 Å². The van der Waals surface area contributed by atoms with Crippen molar-refractivity contribution in [2.24, 2.45) is 0 Å². The molecule has 0 radical (unpaired) electrons. The summed E-state index contributed by atoms with van der Waals surface area (Å²) in [5.74, 6) is -0.218. The van der Waals surface area contributed by atoms with Crippen LogP contribution in [0.2, 0.25) is 0 Å². The van der Waals surface area contributed by atoms with Gasteiger partial charge in [0.25, 0.3) is 0 Å². The molecule has 15 heavy (non-hydrogen) atoms. The number of aryl methyl sites for hydroxylation is 1. The predicted molar refractivity (Wildman–Crippen MR) is 61.9 cm³/mol. The molecular formula is C10H12FN3S. The van der Waals surface area contributed by atoms with Crippen molar-refractivity contribution < 1.29 is 4.39 Å². The molecule has 0 fully saturated rings. The number of H-pyrrole nitrogens is 1. The Labute approximate surface area is 92.1 Å². The Morgan fingerprint density at radius 1 is 1.40 bits per heavy atom. The zero-order valence-corrected chi connectivity index (χ0v) is 9.65. The summed E-state index contributed by atoms with van der Waals surface area (Å²) in [7, 11) is 3.78. The fraction of sp³-hybridized carbons (Fsp3) is 0.300. The van der Waals surface area contributed by atoms with E-state index < -0.39 is 0 Å². The standard InChI is InChI=1S/C10H12FN3S/c1-6-4-9-8(5-7(6)11)12-10(15)14(9)13(2)3/h4-5H,1-3H3,(H,12,15). The van der Waals surface area contributed by atoms with Crippen LogP contribution in [0, 0.1) is 17.5 Å². The third-order valence-corrected chi connectivity index (χ3v) is 2.61. The first-order valence-corrected chi connectivity index (χ1v) is 5.00. The first-order chi connectivity index (χ1) is 7.00. The van der Waals surface area contributed by atoms with Gasteiger partial charge in [-0.2, -0.15) is 0 Å². The van der Waals surface area contributed by atoms with Crippen molar-refractivity contribution in [2.45, 2.75) is 6.92 Å². The minimum absolute atomic E-state index is 0.218. The number of imidazole rings is 1. The maximum Gasteiger partial charge on any atom is 0.197 e. The Bertz CT molecular complexity index is 568. The van der Waals surface area contributed by atoms with Crippen molar-refractivity contribution >= 4 is 23.3 Å². The number of halogens is 1. The molecule has 0 amide bonds. The quantitative estimate of drug-likeness (QED) is 0.753. The second-order valence-electron chi connectivity index (χ2n) is 3.71. The van der Waals surface area contributed by atoms with Crippen LogP contribution in [0.15, 0.2) is 12.1 Å². The van der Waals surface area contributed by atoms with E-state index in [0.29, 0.717) is 10.3 Å². The molecule has 1 N–H and O–H groups in total. The van der Waals surface area contributed by atoms with Crippen LogP contribution < -0.4 is 5.01 Å². The lowest BCUT2D eigenvalue weighted by molar-refractivity contribution is 0.620. The molecule has 2 aromatic rings. The first kappa shape index (κ1) is 10.2. The summed E-state index contributed by atoms with van der Waals surface area (Å²) < 4.78 is 15.7. The number of hydrogen-bond donors (Lipinski definition) is 1. The van der Waals surface area contributed by atoms with E-state index in [1.165, 1.54) is 6.07 Å². The fourth-order valence-corrected chi connectivity index (χ4v) is 1.99. The van der Waals surface area contributed by atoms with Gasteiger partial charge in [-0.1, -0.05) is 0 Å². The van der Waals surface area contributed by atoms with Gasteiger partial charge < -0.3 is 9.99 Å². The molecule has 5 heteroatoms. The topological polar surface area (TPSA) is 24.0 Å². The van der Waals surface area contributed by atoms with Gasteiger partial charge in [0, 0.05) is 14.1 Å². The van der Waals surface area contributed by atoms with Gasteiger partial charge >= 0.3 is 0 Å². The molecule has 2 rings (SSSR count). The fourth-order valence-electron chi connectivity index (χ4n) is 1.62. The van der Waals surface area contributed by atoms with Crippen LogP contribution in [0.5, 0.6) is 0 Å². The molecular weight excluding hydrogens is 213 g/mol. The molecule has 3 nitrogen and oxygen atoms in total. The van der Waals surface area contributed by atoms with Crippen molar-refractivity contribution in [3.8, 4) is 0 Å². The average Bonchev–Trinajstić information content (AvgIpc) is 2.41. The number of benzene rings is 1. The van der Waals surface area contributed by atoms with Gasteiger partial charge in [0.2, 0.25) is 0 Å². The molecule has 0 aliphatic carbocycles. The van der Waals surface area contributed by atoms with Crippen LogP contribution in [0.3, 0.4) is 0 Å². The number of rotatable bonds is 1. The largest absolute Gasteiger partial charge is 0.329 e. The van der Waals surface area contributed by atoms with Gasteiger partial charge in [-0.15, -0.1) is 0 Å². The molecule has 0 unspecified atom stereocenters. The van der Waals surface area contributed by atoms with Gasteiger partial charge in [0.15, 0.2) is 4.77 Å². The number of hydrogen-bond acceptors (Lipinski definition) is 2. The van der Waals surface area contributed by atoms with Crippen LogP contribution in [0.1, 0.15) is 5.56 Å². The highest BCUT2D eigenvalue weighted by molar-refractivity contribution is 7.71. The second-order valence-corrected chi connectivity index (χ2v) is 4.09. The van der Waals surface area contributed by atoms with E-state index >= 15 is 0 Å². The Morgan fingerprint density at radius 3 is 2.67 bits per heavy atom. The summed E-state index contributed by atoms with van der Waals surface area (Å²) in [6, 6.07) is 3.26. The smallest absolute Gasteiger partial charge is 0.197 e. The molecule has 1 aromatic heterocycles. The summed E-state index contributed by atoms with van der Waals surface area (Å²) in [5, 5.41) is 1.86. The van der Waals surface area contributed by atoms with E-state index in [0.717, 1.165) is 11.0 Å². The number of fused-ring (bicyclic) bond motifs is 1. The molecule has 1 heterocycles. The van der Waals surface area contributed by atoms with Crippen LogP contribution in [-0.4, -0.2) is 23.8 Å². The van der Waals surface area contributed by atoms with Crippen molar-refractivity contribution in [1.29, 1.82) is 0 Å². The SMILES string of the molecule is Cc1cc2c(cc1F)[nH]c(=S)n2N(C)C. The van der Waals surface area contributed by atoms with Crippen LogP contribution >= 0.6 is 12.2 Å². The number of nitrogens with zero attached hydrogens (tertiary/aromatic N) is 2. The van der Waals surface area contributed by atoms with E-state index in [1.807, 2.05) is 23.8 Å². The zero-order chi connectivity index (χ0) is 11.2. The highest BCUT2D eigenvalue weighted by atomic mass is 32.1. The summed E-state index contributed by atoms with van der Waals surface area (Å²) in [6.07, 6.45) is 0. The molecule has 0 atom stereocenters. The molecule has 0 aliphatic heterocycles. The molecule has 0 saturated carbocycles. The van der Waals surface area contributed by atoms with E-state index in [9.17, 15) is 4.39 Å². The molecule has 0 aliphatic rings. The number of aromatic nitrogens is 2. The highest BCUT2D eigenvalue weighted by Crippen LogP contribution is 2.18. The minimum atomic E-state index is -0.218. The van der Waals surface area contributed by atoms with Gasteiger partial charge in [-0.3, -0.25) is 0 Å². The summed E-state index contributed by atoms with van der Waals surface area (Å²) in [6.45, 7) is 1.74. The van der Waals surface area contributed by atoms with Crippen molar-refractivity contribution in [3.05, 3.63) is 28.3 Å². The normalized spacial score (nSPS) is 10.9. The predicted octanol–water partition coefficient (Wildman–Crippen LogP) is 2.34. The lowest BCUT2D eigenvalue weighted by Gasteiger charge is -2.14. The van der Waals surface area contributed by atoms with Crippen molar-refractivity contribution in [2.75, 3.05) is 19.1 Å². The Balaban J connectivity index is 2.88. The summed E-state index contributed by atoms with van der Waals surface area (Å²) in [4.78, 5) is 2.97. The average molecular weight is 225 g/mol. The first-order valence-electron chi connectivity index (χ1n) is 4.59. The van der Waals surface area contributed by atoms with E-state index in [1.54, 1.807) is 13.0 Å². The third-order valence-electron chi connectivity index (χ3n) is 2.34. The highest BCUT2D eigenvalue weighted by Gasteiger charge is 2.08. The van der Waals surface area contributed by atoms with E-state index in [4.69, 9.17) is 12.2 Å². The maximum absolute atomic E-state index is 13.3. The van der Waals surface area contributed by atoms with E-state index in [-0.39, 0.29) is 5.82 Å². The third kappa shape index (κ3) is 1.52.